The number of halogens is 1. The topological polar surface area (TPSA) is 20.2 Å². The van der Waals surface area contributed by atoms with Gasteiger partial charge in [-0.25, -0.2) is 4.39 Å². The zero-order chi connectivity index (χ0) is 12.3. The predicted octanol–water partition coefficient (Wildman–Crippen LogP) is 3.12. The van der Waals surface area contributed by atoms with Crippen molar-refractivity contribution in [1.82, 2.24) is 0 Å². The maximum atomic E-state index is 13.0. The van der Waals surface area contributed by atoms with Crippen LogP contribution in [0.1, 0.15) is 38.2 Å². The first kappa shape index (κ1) is 12.1. The van der Waals surface area contributed by atoms with Crippen LogP contribution in [-0.4, -0.2) is 10.7 Å². The van der Waals surface area contributed by atoms with Gasteiger partial charge in [-0.05, 0) is 43.4 Å². The SMILES string of the molecule is CC1CCCC(O)(C#Cc2cccc(F)c2)C1. The molecule has 0 amide bonds. The average Bonchev–Trinajstić information content (AvgIpc) is 2.26. The van der Waals surface area contributed by atoms with Crippen molar-refractivity contribution in [2.75, 3.05) is 0 Å². The van der Waals surface area contributed by atoms with Gasteiger partial charge in [0.15, 0.2) is 0 Å². The Morgan fingerprint density at radius 1 is 1.47 bits per heavy atom. The van der Waals surface area contributed by atoms with Gasteiger partial charge < -0.3 is 5.11 Å². The summed E-state index contributed by atoms with van der Waals surface area (Å²) in [5.74, 6) is 6.01. The Balaban J connectivity index is 2.15. The Kier molecular flexibility index (Phi) is 3.49. The molecule has 0 saturated heterocycles. The van der Waals surface area contributed by atoms with Crippen molar-refractivity contribution in [1.29, 1.82) is 0 Å². The van der Waals surface area contributed by atoms with E-state index >= 15 is 0 Å². The van der Waals surface area contributed by atoms with E-state index in [-0.39, 0.29) is 5.82 Å². The van der Waals surface area contributed by atoms with Crippen LogP contribution in [0.3, 0.4) is 0 Å². The highest BCUT2D eigenvalue weighted by Gasteiger charge is 2.30. The molecule has 17 heavy (non-hydrogen) atoms. The maximum Gasteiger partial charge on any atom is 0.126 e. The number of hydrogen-bond acceptors (Lipinski definition) is 1. The number of benzene rings is 1. The lowest BCUT2D eigenvalue weighted by molar-refractivity contribution is 0.0410. The van der Waals surface area contributed by atoms with E-state index in [2.05, 4.69) is 18.8 Å². The minimum Gasteiger partial charge on any atom is -0.378 e. The second kappa shape index (κ2) is 4.89. The minimum absolute atomic E-state index is 0.291. The quantitative estimate of drug-likeness (QED) is 0.681. The highest BCUT2D eigenvalue weighted by atomic mass is 19.1. The van der Waals surface area contributed by atoms with Crippen LogP contribution >= 0.6 is 0 Å². The van der Waals surface area contributed by atoms with E-state index < -0.39 is 5.60 Å². The van der Waals surface area contributed by atoms with Crippen LogP contribution in [0, 0.1) is 23.6 Å². The van der Waals surface area contributed by atoms with E-state index in [1.807, 2.05) is 0 Å². The lowest BCUT2D eigenvalue weighted by Gasteiger charge is -2.31. The molecule has 1 fully saturated rings. The zero-order valence-corrected chi connectivity index (χ0v) is 10.0. The molecule has 1 N–H and O–H groups in total. The van der Waals surface area contributed by atoms with Crippen LogP contribution in [0.25, 0.3) is 0 Å². The fourth-order valence-corrected chi connectivity index (χ4v) is 2.39. The van der Waals surface area contributed by atoms with E-state index in [1.165, 1.54) is 12.1 Å². The third-order valence-electron chi connectivity index (χ3n) is 3.24. The van der Waals surface area contributed by atoms with Crippen LogP contribution in [0.5, 0.6) is 0 Å². The molecular weight excluding hydrogens is 215 g/mol. The number of aliphatic hydroxyl groups is 1. The van der Waals surface area contributed by atoms with Gasteiger partial charge in [-0.1, -0.05) is 31.3 Å². The first-order valence-electron chi connectivity index (χ1n) is 6.08. The summed E-state index contributed by atoms with van der Waals surface area (Å²) in [6.45, 7) is 2.13. The van der Waals surface area contributed by atoms with Crippen molar-refractivity contribution in [2.24, 2.45) is 5.92 Å². The zero-order valence-electron chi connectivity index (χ0n) is 10.0. The third kappa shape index (κ3) is 3.31. The summed E-state index contributed by atoms with van der Waals surface area (Å²) in [6, 6.07) is 6.17. The lowest BCUT2D eigenvalue weighted by atomic mass is 9.79. The lowest BCUT2D eigenvalue weighted by Crippen LogP contribution is -2.32. The van der Waals surface area contributed by atoms with Gasteiger partial charge in [0.1, 0.15) is 11.4 Å². The summed E-state index contributed by atoms with van der Waals surface area (Å²) < 4.78 is 13.0. The molecule has 1 aliphatic carbocycles. The molecule has 2 heteroatoms. The normalized spacial score (nSPS) is 28.3. The Morgan fingerprint density at radius 3 is 3.00 bits per heavy atom. The van der Waals surface area contributed by atoms with Gasteiger partial charge in [0.05, 0.1) is 0 Å². The van der Waals surface area contributed by atoms with Gasteiger partial charge in [0, 0.05) is 5.56 Å². The molecule has 0 aromatic heterocycles. The van der Waals surface area contributed by atoms with E-state index in [1.54, 1.807) is 12.1 Å². The van der Waals surface area contributed by atoms with Crippen molar-refractivity contribution in [3.8, 4) is 11.8 Å². The summed E-state index contributed by atoms with van der Waals surface area (Å²) in [5.41, 5.74) is -0.263. The summed E-state index contributed by atoms with van der Waals surface area (Å²) >= 11 is 0. The maximum absolute atomic E-state index is 13.0. The van der Waals surface area contributed by atoms with Crippen LogP contribution < -0.4 is 0 Å². The van der Waals surface area contributed by atoms with Gasteiger partial charge in [-0.3, -0.25) is 0 Å². The van der Waals surface area contributed by atoms with Crippen molar-refractivity contribution in [3.05, 3.63) is 35.6 Å². The molecule has 0 spiro atoms. The van der Waals surface area contributed by atoms with Crippen molar-refractivity contribution in [2.45, 2.75) is 38.2 Å². The molecule has 0 heterocycles. The molecule has 0 bridgehead atoms. The molecule has 2 atom stereocenters. The van der Waals surface area contributed by atoms with E-state index in [4.69, 9.17) is 0 Å². The molecule has 2 unspecified atom stereocenters. The van der Waals surface area contributed by atoms with Gasteiger partial charge in [-0.15, -0.1) is 0 Å². The van der Waals surface area contributed by atoms with Crippen LogP contribution in [0.2, 0.25) is 0 Å². The third-order valence-corrected chi connectivity index (χ3v) is 3.24. The van der Waals surface area contributed by atoms with Gasteiger partial charge in [0.25, 0.3) is 0 Å². The van der Waals surface area contributed by atoms with Gasteiger partial charge in [0.2, 0.25) is 0 Å². The molecule has 0 aliphatic heterocycles. The summed E-state index contributed by atoms with van der Waals surface area (Å²) in [7, 11) is 0. The molecule has 1 aromatic rings. The highest BCUT2D eigenvalue weighted by molar-refractivity contribution is 5.36. The predicted molar refractivity (Wildman–Crippen MR) is 65.9 cm³/mol. The molecule has 1 nitrogen and oxygen atoms in total. The van der Waals surface area contributed by atoms with Crippen LogP contribution in [0.15, 0.2) is 24.3 Å². The summed E-state index contributed by atoms with van der Waals surface area (Å²) in [6.07, 6.45) is 3.61. The minimum atomic E-state index is -0.885. The Labute approximate surface area is 102 Å². The van der Waals surface area contributed by atoms with Crippen LogP contribution in [-0.2, 0) is 0 Å². The highest BCUT2D eigenvalue weighted by Crippen LogP contribution is 2.31. The number of hydrogen-bond donors (Lipinski definition) is 1. The monoisotopic (exact) mass is 232 g/mol. The fourth-order valence-electron chi connectivity index (χ4n) is 2.39. The Hall–Kier alpha value is -1.33. The largest absolute Gasteiger partial charge is 0.378 e. The van der Waals surface area contributed by atoms with Crippen molar-refractivity contribution >= 4 is 0 Å². The average molecular weight is 232 g/mol. The van der Waals surface area contributed by atoms with Crippen molar-refractivity contribution in [3.63, 3.8) is 0 Å². The first-order chi connectivity index (χ1) is 8.07. The molecule has 1 saturated carbocycles. The molecule has 90 valence electrons. The molecule has 1 aromatic carbocycles. The van der Waals surface area contributed by atoms with E-state index in [0.29, 0.717) is 11.5 Å². The summed E-state index contributed by atoms with van der Waals surface area (Å²) in [4.78, 5) is 0. The van der Waals surface area contributed by atoms with Gasteiger partial charge >= 0.3 is 0 Å². The Morgan fingerprint density at radius 2 is 2.29 bits per heavy atom. The fraction of sp³-hybridized carbons (Fsp3) is 0.467. The summed E-state index contributed by atoms with van der Waals surface area (Å²) in [5, 5.41) is 10.3. The second-order valence-electron chi connectivity index (χ2n) is 4.99. The van der Waals surface area contributed by atoms with Gasteiger partial charge in [-0.2, -0.15) is 0 Å². The second-order valence-corrected chi connectivity index (χ2v) is 4.99. The Bertz CT molecular complexity index is 457. The van der Waals surface area contributed by atoms with E-state index in [9.17, 15) is 9.50 Å². The first-order valence-corrected chi connectivity index (χ1v) is 6.08. The van der Waals surface area contributed by atoms with Crippen LogP contribution in [0.4, 0.5) is 4.39 Å². The standard InChI is InChI=1S/C15H17FO/c1-12-4-3-8-15(17,11-12)9-7-13-5-2-6-14(16)10-13/h2,5-6,10,12,17H,3-4,8,11H2,1H3. The molecule has 2 rings (SSSR count). The molecule has 1 aliphatic rings. The number of rotatable bonds is 0. The smallest absolute Gasteiger partial charge is 0.126 e. The molecular formula is C15H17FO. The molecule has 0 radical (unpaired) electrons. The van der Waals surface area contributed by atoms with Crippen molar-refractivity contribution < 1.29 is 9.50 Å². The van der Waals surface area contributed by atoms with E-state index in [0.717, 1.165) is 25.7 Å².